The molecule has 0 N–H and O–H groups in total. The van der Waals surface area contributed by atoms with E-state index in [9.17, 15) is 4.79 Å². The molecule has 0 saturated carbocycles. The first-order chi connectivity index (χ1) is 9.58. The number of likely N-dealkylation sites (tertiary alicyclic amines) is 1. The Morgan fingerprint density at radius 1 is 1.10 bits per heavy atom. The number of carbonyl (C=O) groups is 1. The van der Waals surface area contributed by atoms with Gasteiger partial charge in [-0.3, -0.25) is 14.6 Å². The zero-order valence-corrected chi connectivity index (χ0v) is 14.1. The number of halogens is 1. The second-order valence-corrected chi connectivity index (χ2v) is 7.01. The average molecular weight is 344 g/mol. The Labute approximate surface area is 130 Å². The SMILES string of the molecule is C=C(Br)CN1CCN([C@H](C)C(=O)N2CCCCC2)CC1. The standard InChI is InChI=1S/C15H26BrN3O/c1-13(16)12-17-8-10-18(11-9-17)14(2)15(20)19-6-4-3-5-7-19/h14H,1,3-12H2,2H3/t14-/m1/s1. The van der Waals surface area contributed by atoms with E-state index in [1.165, 1.54) is 19.3 Å². The van der Waals surface area contributed by atoms with Crippen molar-refractivity contribution in [3.63, 3.8) is 0 Å². The molecule has 0 radical (unpaired) electrons. The Hall–Kier alpha value is -0.390. The molecule has 0 spiro atoms. The Balaban J connectivity index is 1.80. The molecule has 114 valence electrons. The van der Waals surface area contributed by atoms with Crippen molar-refractivity contribution in [2.75, 3.05) is 45.8 Å². The number of rotatable bonds is 4. The van der Waals surface area contributed by atoms with Crippen LogP contribution in [0.4, 0.5) is 0 Å². The van der Waals surface area contributed by atoms with Gasteiger partial charge >= 0.3 is 0 Å². The third-order valence-corrected chi connectivity index (χ3v) is 4.63. The second-order valence-electron chi connectivity index (χ2n) is 5.89. The van der Waals surface area contributed by atoms with Gasteiger partial charge in [0.2, 0.25) is 5.91 Å². The number of hydrogen-bond donors (Lipinski definition) is 0. The first kappa shape index (κ1) is 16.0. The van der Waals surface area contributed by atoms with Crippen molar-refractivity contribution in [1.82, 2.24) is 14.7 Å². The van der Waals surface area contributed by atoms with Crippen molar-refractivity contribution >= 4 is 21.8 Å². The molecule has 0 aliphatic carbocycles. The Bertz CT molecular complexity index is 347. The van der Waals surface area contributed by atoms with E-state index in [-0.39, 0.29) is 6.04 Å². The van der Waals surface area contributed by atoms with E-state index < -0.39 is 0 Å². The molecule has 4 nitrogen and oxygen atoms in total. The highest BCUT2D eigenvalue weighted by atomic mass is 79.9. The van der Waals surface area contributed by atoms with Gasteiger partial charge in [-0.05, 0) is 26.2 Å². The highest BCUT2D eigenvalue weighted by Crippen LogP contribution is 2.15. The third-order valence-electron chi connectivity index (χ3n) is 4.37. The molecule has 0 aromatic heterocycles. The molecule has 2 saturated heterocycles. The van der Waals surface area contributed by atoms with E-state index >= 15 is 0 Å². The number of nitrogens with zero attached hydrogens (tertiary/aromatic N) is 3. The number of piperidine rings is 1. The van der Waals surface area contributed by atoms with Gasteiger partial charge in [-0.1, -0.05) is 22.5 Å². The molecule has 0 bridgehead atoms. The fourth-order valence-corrected chi connectivity index (χ4v) is 3.44. The van der Waals surface area contributed by atoms with Crippen molar-refractivity contribution in [2.24, 2.45) is 0 Å². The molecule has 1 amide bonds. The van der Waals surface area contributed by atoms with E-state index in [2.05, 4.69) is 44.1 Å². The summed E-state index contributed by atoms with van der Waals surface area (Å²) in [6.07, 6.45) is 3.60. The van der Waals surface area contributed by atoms with Gasteiger partial charge in [-0.25, -0.2) is 0 Å². The number of piperazine rings is 1. The lowest BCUT2D eigenvalue weighted by Crippen LogP contribution is -2.55. The van der Waals surface area contributed by atoms with E-state index in [0.29, 0.717) is 5.91 Å². The van der Waals surface area contributed by atoms with E-state index in [1.54, 1.807) is 0 Å². The van der Waals surface area contributed by atoms with Crippen LogP contribution in [0, 0.1) is 0 Å². The van der Waals surface area contributed by atoms with Crippen LogP contribution < -0.4 is 0 Å². The molecular weight excluding hydrogens is 318 g/mol. The molecule has 2 heterocycles. The summed E-state index contributed by atoms with van der Waals surface area (Å²) < 4.78 is 1.03. The molecule has 2 aliphatic rings. The molecule has 5 heteroatoms. The van der Waals surface area contributed by atoms with Crippen LogP contribution in [0.15, 0.2) is 11.1 Å². The zero-order valence-electron chi connectivity index (χ0n) is 12.5. The minimum atomic E-state index is 0.0300. The molecule has 1 atom stereocenters. The van der Waals surface area contributed by atoms with Gasteiger partial charge in [0.15, 0.2) is 0 Å². The molecule has 0 aromatic carbocycles. The maximum atomic E-state index is 12.5. The molecule has 2 rings (SSSR count). The predicted octanol–water partition coefficient (Wildman–Crippen LogP) is 1.91. The lowest BCUT2D eigenvalue weighted by molar-refractivity contribution is -0.138. The van der Waals surface area contributed by atoms with Crippen LogP contribution in [-0.4, -0.2) is 72.5 Å². The van der Waals surface area contributed by atoms with E-state index in [1.807, 2.05) is 0 Å². The second kappa shape index (κ2) is 7.57. The number of carbonyl (C=O) groups excluding carboxylic acids is 1. The summed E-state index contributed by atoms with van der Waals surface area (Å²) >= 11 is 3.42. The highest BCUT2D eigenvalue weighted by Gasteiger charge is 2.29. The van der Waals surface area contributed by atoms with Gasteiger partial charge in [-0.2, -0.15) is 0 Å². The van der Waals surface area contributed by atoms with E-state index in [4.69, 9.17) is 0 Å². The quantitative estimate of drug-likeness (QED) is 0.780. The summed E-state index contributed by atoms with van der Waals surface area (Å²) in [4.78, 5) is 19.3. The van der Waals surface area contributed by atoms with Gasteiger partial charge in [0.25, 0.3) is 0 Å². The van der Waals surface area contributed by atoms with Crippen molar-refractivity contribution in [3.05, 3.63) is 11.1 Å². The van der Waals surface area contributed by atoms with Crippen LogP contribution in [0.1, 0.15) is 26.2 Å². The highest BCUT2D eigenvalue weighted by molar-refractivity contribution is 9.11. The van der Waals surface area contributed by atoms with Crippen LogP contribution in [0.2, 0.25) is 0 Å². The predicted molar refractivity (Wildman–Crippen MR) is 86.0 cm³/mol. The third kappa shape index (κ3) is 4.30. The minimum absolute atomic E-state index is 0.0300. The Morgan fingerprint density at radius 2 is 1.70 bits per heavy atom. The maximum absolute atomic E-state index is 12.5. The summed E-state index contributed by atoms with van der Waals surface area (Å²) in [6.45, 7) is 12.7. The first-order valence-electron chi connectivity index (χ1n) is 7.66. The topological polar surface area (TPSA) is 26.8 Å². The summed E-state index contributed by atoms with van der Waals surface area (Å²) in [7, 11) is 0. The fourth-order valence-electron chi connectivity index (χ4n) is 3.09. The monoisotopic (exact) mass is 343 g/mol. The summed E-state index contributed by atoms with van der Waals surface area (Å²) in [5.74, 6) is 0.322. The van der Waals surface area contributed by atoms with Crippen molar-refractivity contribution < 1.29 is 4.79 Å². The average Bonchev–Trinajstić information content (AvgIpc) is 2.47. The van der Waals surface area contributed by atoms with Crippen LogP contribution in [0.3, 0.4) is 0 Å². The number of hydrogen-bond acceptors (Lipinski definition) is 3. The molecular formula is C15H26BrN3O. The van der Waals surface area contributed by atoms with Crippen molar-refractivity contribution in [2.45, 2.75) is 32.2 Å². The zero-order chi connectivity index (χ0) is 14.5. The largest absolute Gasteiger partial charge is 0.341 e. The molecule has 0 unspecified atom stereocenters. The van der Waals surface area contributed by atoms with Crippen LogP contribution >= 0.6 is 15.9 Å². The van der Waals surface area contributed by atoms with Crippen LogP contribution in [-0.2, 0) is 4.79 Å². The number of amides is 1. The minimum Gasteiger partial charge on any atom is -0.341 e. The van der Waals surface area contributed by atoms with E-state index in [0.717, 1.165) is 50.3 Å². The summed E-state index contributed by atoms with van der Waals surface area (Å²) in [5.41, 5.74) is 0. The Kier molecular flexibility index (Phi) is 6.05. The van der Waals surface area contributed by atoms with Gasteiger partial charge < -0.3 is 4.90 Å². The lowest BCUT2D eigenvalue weighted by atomic mass is 10.1. The van der Waals surface area contributed by atoms with Crippen molar-refractivity contribution in [1.29, 1.82) is 0 Å². The smallest absolute Gasteiger partial charge is 0.239 e. The summed E-state index contributed by atoms with van der Waals surface area (Å²) in [5, 5.41) is 0. The molecule has 20 heavy (non-hydrogen) atoms. The Morgan fingerprint density at radius 3 is 2.25 bits per heavy atom. The van der Waals surface area contributed by atoms with Crippen molar-refractivity contribution in [3.8, 4) is 0 Å². The van der Waals surface area contributed by atoms with Crippen LogP contribution in [0.5, 0.6) is 0 Å². The van der Waals surface area contributed by atoms with Gasteiger partial charge in [0.1, 0.15) is 0 Å². The van der Waals surface area contributed by atoms with Gasteiger partial charge in [0.05, 0.1) is 6.04 Å². The maximum Gasteiger partial charge on any atom is 0.239 e. The fraction of sp³-hybridized carbons (Fsp3) is 0.800. The molecule has 2 aliphatic heterocycles. The summed E-state index contributed by atoms with van der Waals surface area (Å²) in [6, 6.07) is 0.0300. The molecule has 2 fully saturated rings. The first-order valence-corrected chi connectivity index (χ1v) is 8.45. The van der Waals surface area contributed by atoms with Gasteiger partial charge in [0, 0.05) is 50.3 Å². The van der Waals surface area contributed by atoms with Gasteiger partial charge in [-0.15, -0.1) is 0 Å². The molecule has 0 aromatic rings. The lowest BCUT2D eigenvalue weighted by Gasteiger charge is -2.39. The normalized spacial score (nSPS) is 23.6. The van der Waals surface area contributed by atoms with Crippen LogP contribution in [0.25, 0.3) is 0 Å².